The summed E-state index contributed by atoms with van der Waals surface area (Å²) in [5.41, 5.74) is 7.44. The van der Waals surface area contributed by atoms with Crippen molar-refractivity contribution in [3.8, 4) is 0 Å². The number of fused-ring (bicyclic) bond motifs is 1. The smallest absolute Gasteiger partial charge is 0.0890 e. The van der Waals surface area contributed by atoms with Crippen LogP contribution in [0.4, 0.5) is 0 Å². The van der Waals surface area contributed by atoms with Gasteiger partial charge in [0.25, 0.3) is 0 Å². The molecule has 1 aromatic heterocycles. The quantitative estimate of drug-likeness (QED) is 0.772. The summed E-state index contributed by atoms with van der Waals surface area (Å²) in [7, 11) is 0. The van der Waals surface area contributed by atoms with Crippen molar-refractivity contribution in [1.29, 1.82) is 0 Å². The minimum absolute atomic E-state index is 0.374. The zero-order valence-corrected chi connectivity index (χ0v) is 15.8. The molecule has 0 radical (unpaired) electrons. The van der Waals surface area contributed by atoms with Gasteiger partial charge in [-0.15, -0.1) is 0 Å². The number of piperazine rings is 1. The second kappa shape index (κ2) is 6.53. The van der Waals surface area contributed by atoms with Crippen molar-refractivity contribution >= 4 is 11.0 Å². The van der Waals surface area contributed by atoms with Crippen LogP contribution in [0.1, 0.15) is 25.3 Å². The van der Waals surface area contributed by atoms with Crippen LogP contribution < -0.4 is 16.0 Å². The van der Waals surface area contributed by atoms with Crippen LogP contribution in [0.2, 0.25) is 0 Å². The Kier molecular flexibility index (Phi) is 4.01. The molecule has 3 aliphatic rings. The van der Waals surface area contributed by atoms with Crippen LogP contribution >= 0.6 is 0 Å². The Hall–Kier alpha value is -2.60. The molecule has 27 heavy (non-hydrogen) atoms. The number of nitrogens with one attached hydrogen (secondary N) is 3. The lowest BCUT2D eigenvalue weighted by Crippen LogP contribution is -2.53. The van der Waals surface area contributed by atoms with Crippen molar-refractivity contribution in [2.75, 3.05) is 26.2 Å². The first-order valence-corrected chi connectivity index (χ1v) is 9.80. The van der Waals surface area contributed by atoms with Crippen molar-refractivity contribution in [2.24, 2.45) is 0 Å². The van der Waals surface area contributed by atoms with Gasteiger partial charge in [0.1, 0.15) is 0 Å². The van der Waals surface area contributed by atoms with E-state index in [1.165, 1.54) is 35.4 Å². The monoisotopic (exact) mass is 362 g/mol. The maximum Gasteiger partial charge on any atom is 0.0890 e. The molecule has 3 heterocycles. The van der Waals surface area contributed by atoms with Crippen molar-refractivity contribution < 1.29 is 0 Å². The first-order valence-electron chi connectivity index (χ1n) is 9.80. The van der Waals surface area contributed by atoms with Crippen LogP contribution in [-0.4, -0.2) is 46.6 Å². The normalized spacial score (nSPS) is 21.2. The summed E-state index contributed by atoms with van der Waals surface area (Å²) in [6.45, 7) is 7.19. The number of dihydropyridines is 1. The number of hydrogen-bond acceptors (Lipinski definition) is 6. The van der Waals surface area contributed by atoms with E-state index in [9.17, 15) is 0 Å². The molecule has 2 fully saturated rings. The fourth-order valence-electron chi connectivity index (χ4n) is 4.21. The molecule has 1 spiro atoms. The zero-order valence-electron chi connectivity index (χ0n) is 15.8. The van der Waals surface area contributed by atoms with Crippen molar-refractivity contribution in [2.45, 2.75) is 31.8 Å². The van der Waals surface area contributed by atoms with Gasteiger partial charge in [-0.3, -0.25) is 9.97 Å². The van der Waals surface area contributed by atoms with E-state index < -0.39 is 0 Å². The van der Waals surface area contributed by atoms with Crippen molar-refractivity contribution in [3.63, 3.8) is 0 Å². The fraction of sp³-hybridized carbons (Fsp3) is 0.429. The minimum atomic E-state index is 0.374. The topological polar surface area (TPSA) is 65.1 Å². The molecule has 2 aromatic rings. The summed E-state index contributed by atoms with van der Waals surface area (Å²) in [4.78, 5) is 11.3. The summed E-state index contributed by atoms with van der Waals surface area (Å²) < 4.78 is 0. The molecule has 3 N–H and O–H groups in total. The summed E-state index contributed by atoms with van der Waals surface area (Å²) in [5, 5.41) is 10.8. The first-order chi connectivity index (χ1) is 13.2. The van der Waals surface area contributed by atoms with E-state index in [0.29, 0.717) is 5.54 Å². The maximum atomic E-state index is 4.42. The van der Waals surface area contributed by atoms with Crippen LogP contribution in [0.15, 0.2) is 53.8 Å². The molecule has 0 amide bonds. The highest BCUT2D eigenvalue weighted by atomic mass is 15.3. The highest BCUT2D eigenvalue weighted by Gasteiger charge is 2.46. The van der Waals surface area contributed by atoms with E-state index in [-0.39, 0.29) is 0 Å². The van der Waals surface area contributed by atoms with Crippen molar-refractivity contribution in [3.05, 3.63) is 59.3 Å². The lowest BCUT2D eigenvalue weighted by molar-refractivity contribution is 0.232. The Bertz CT molecular complexity index is 927. The van der Waals surface area contributed by atoms with Crippen LogP contribution in [0.3, 0.4) is 0 Å². The third-order valence-corrected chi connectivity index (χ3v) is 5.83. The molecule has 140 valence electrons. The molecular formula is C21H26N6. The number of benzene rings is 1. The SMILES string of the molecule is CC1=C(N2CCNC3(CC3)C2)C(NCc2ccc3nccnc3c2)=CNC1. The molecule has 0 bridgehead atoms. The Morgan fingerprint density at radius 3 is 2.89 bits per heavy atom. The Morgan fingerprint density at radius 2 is 2.04 bits per heavy atom. The third-order valence-electron chi connectivity index (χ3n) is 5.83. The van der Waals surface area contributed by atoms with Gasteiger partial charge in [-0.05, 0) is 43.0 Å². The fourth-order valence-corrected chi connectivity index (χ4v) is 4.21. The van der Waals surface area contributed by atoms with E-state index in [2.05, 4.69) is 56.1 Å². The zero-order chi connectivity index (χ0) is 18.3. The second-order valence-electron chi connectivity index (χ2n) is 7.93. The van der Waals surface area contributed by atoms with Crippen molar-refractivity contribution in [1.82, 2.24) is 30.8 Å². The van der Waals surface area contributed by atoms with Gasteiger partial charge in [0, 0.05) is 56.9 Å². The predicted octanol–water partition coefficient (Wildman–Crippen LogP) is 1.88. The highest BCUT2D eigenvalue weighted by molar-refractivity contribution is 5.74. The number of nitrogens with zero attached hydrogens (tertiary/aromatic N) is 3. The molecule has 6 nitrogen and oxygen atoms in total. The van der Waals surface area contributed by atoms with Crippen LogP contribution in [0, 0.1) is 0 Å². The lowest BCUT2D eigenvalue weighted by Gasteiger charge is -2.40. The lowest BCUT2D eigenvalue weighted by atomic mass is 10.1. The summed E-state index contributed by atoms with van der Waals surface area (Å²) >= 11 is 0. The van der Waals surface area contributed by atoms with Gasteiger partial charge in [-0.25, -0.2) is 0 Å². The average Bonchev–Trinajstić information content (AvgIpc) is 3.44. The van der Waals surface area contributed by atoms with Gasteiger partial charge < -0.3 is 20.9 Å². The molecule has 1 saturated heterocycles. The molecule has 6 heteroatoms. The van der Waals surface area contributed by atoms with Gasteiger partial charge in [0.15, 0.2) is 0 Å². The Balaban J connectivity index is 1.34. The summed E-state index contributed by atoms with van der Waals surface area (Å²) in [6, 6.07) is 6.29. The molecule has 5 rings (SSSR count). The molecule has 2 aliphatic heterocycles. The second-order valence-corrected chi connectivity index (χ2v) is 7.93. The van der Waals surface area contributed by atoms with Gasteiger partial charge >= 0.3 is 0 Å². The molecule has 1 aromatic carbocycles. The highest BCUT2D eigenvalue weighted by Crippen LogP contribution is 2.39. The number of aromatic nitrogens is 2. The maximum absolute atomic E-state index is 4.42. The molecule has 0 atom stereocenters. The Labute approximate surface area is 159 Å². The van der Waals surface area contributed by atoms with E-state index in [1.807, 2.05) is 6.07 Å². The third kappa shape index (κ3) is 3.25. The van der Waals surface area contributed by atoms with Crippen LogP contribution in [0.25, 0.3) is 11.0 Å². The minimum Gasteiger partial charge on any atom is -0.385 e. The average molecular weight is 362 g/mol. The molecule has 1 saturated carbocycles. The van der Waals surface area contributed by atoms with Crippen LogP contribution in [0.5, 0.6) is 0 Å². The van der Waals surface area contributed by atoms with Gasteiger partial charge in [-0.1, -0.05) is 6.07 Å². The number of hydrogen-bond donors (Lipinski definition) is 3. The van der Waals surface area contributed by atoms with Gasteiger partial charge in [-0.2, -0.15) is 0 Å². The van der Waals surface area contributed by atoms with E-state index in [1.54, 1.807) is 12.4 Å². The largest absolute Gasteiger partial charge is 0.385 e. The number of rotatable bonds is 4. The van der Waals surface area contributed by atoms with Crippen LogP contribution in [-0.2, 0) is 6.54 Å². The molecular weight excluding hydrogens is 336 g/mol. The summed E-state index contributed by atoms with van der Waals surface area (Å²) in [5.74, 6) is 0. The van der Waals surface area contributed by atoms with Gasteiger partial charge in [0.2, 0.25) is 0 Å². The van der Waals surface area contributed by atoms with E-state index in [0.717, 1.165) is 43.8 Å². The molecule has 0 unspecified atom stereocenters. The van der Waals surface area contributed by atoms with E-state index >= 15 is 0 Å². The predicted molar refractivity (Wildman–Crippen MR) is 107 cm³/mol. The van der Waals surface area contributed by atoms with Gasteiger partial charge in [0.05, 0.1) is 22.4 Å². The first kappa shape index (κ1) is 16.6. The van der Waals surface area contributed by atoms with E-state index in [4.69, 9.17) is 0 Å². The Morgan fingerprint density at radius 1 is 1.19 bits per heavy atom. The standard InChI is InChI=1S/C21H26N6/c1-15-11-22-13-19(20(15)27-9-8-26-21(14-27)4-5-21)25-12-16-2-3-17-18(10-16)24-7-6-23-17/h2-3,6-7,10,13,22,25-26H,4-5,8-9,11-12,14H2,1H3. The molecule has 1 aliphatic carbocycles. The summed E-state index contributed by atoms with van der Waals surface area (Å²) in [6.07, 6.45) is 8.22.